The molecule has 2 amide bonds. The molecule has 1 aromatic heterocycles. The molecule has 116 valence electrons. The van der Waals surface area contributed by atoms with E-state index in [1.807, 2.05) is 20.8 Å². The van der Waals surface area contributed by atoms with Crippen LogP contribution < -0.4 is 5.32 Å². The fourth-order valence-electron chi connectivity index (χ4n) is 2.28. The van der Waals surface area contributed by atoms with Gasteiger partial charge >= 0.3 is 6.09 Å². The molecule has 0 spiro atoms. The SMILES string of the molecule is CC(C)(C)OC(=O)N1CCCC1C(=O)NCc1ccco1. The minimum absolute atomic E-state index is 0.172. The van der Waals surface area contributed by atoms with Gasteiger partial charge in [0.2, 0.25) is 5.91 Å². The van der Waals surface area contributed by atoms with Crippen LogP contribution in [0.25, 0.3) is 0 Å². The monoisotopic (exact) mass is 294 g/mol. The van der Waals surface area contributed by atoms with E-state index >= 15 is 0 Å². The molecule has 2 heterocycles. The second kappa shape index (κ2) is 6.20. The Morgan fingerprint density at radius 1 is 1.48 bits per heavy atom. The van der Waals surface area contributed by atoms with Crippen molar-refractivity contribution in [3.8, 4) is 0 Å². The molecule has 6 nitrogen and oxygen atoms in total. The van der Waals surface area contributed by atoms with Gasteiger partial charge in [0.25, 0.3) is 0 Å². The van der Waals surface area contributed by atoms with Gasteiger partial charge in [-0.25, -0.2) is 4.79 Å². The third kappa shape index (κ3) is 4.24. The highest BCUT2D eigenvalue weighted by Gasteiger charge is 2.36. The molecule has 1 unspecified atom stereocenters. The van der Waals surface area contributed by atoms with Crippen LogP contribution in [0.3, 0.4) is 0 Å². The lowest BCUT2D eigenvalue weighted by molar-refractivity contribution is -0.125. The van der Waals surface area contributed by atoms with Crippen molar-refractivity contribution >= 4 is 12.0 Å². The van der Waals surface area contributed by atoms with Crippen LogP contribution in [0.4, 0.5) is 4.79 Å². The third-order valence-electron chi connectivity index (χ3n) is 3.20. The highest BCUT2D eigenvalue weighted by Crippen LogP contribution is 2.21. The highest BCUT2D eigenvalue weighted by atomic mass is 16.6. The first kappa shape index (κ1) is 15.4. The van der Waals surface area contributed by atoms with Crippen molar-refractivity contribution in [2.75, 3.05) is 6.54 Å². The molecule has 1 fully saturated rings. The van der Waals surface area contributed by atoms with Crippen LogP contribution in [0, 0.1) is 0 Å². The van der Waals surface area contributed by atoms with Crippen LogP contribution in [0.2, 0.25) is 0 Å². The molecule has 6 heteroatoms. The fraction of sp³-hybridized carbons (Fsp3) is 0.600. The molecule has 2 rings (SSSR count). The average Bonchev–Trinajstić information content (AvgIpc) is 3.05. The van der Waals surface area contributed by atoms with Crippen molar-refractivity contribution in [2.45, 2.75) is 51.8 Å². The Balaban J connectivity index is 1.91. The van der Waals surface area contributed by atoms with E-state index in [2.05, 4.69) is 5.32 Å². The van der Waals surface area contributed by atoms with Crippen molar-refractivity contribution in [1.29, 1.82) is 0 Å². The van der Waals surface area contributed by atoms with Crippen molar-refractivity contribution in [2.24, 2.45) is 0 Å². The summed E-state index contributed by atoms with van der Waals surface area (Å²) >= 11 is 0. The normalized spacial score (nSPS) is 18.6. The zero-order valence-corrected chi connectivity index (χ0v) is 12.7. The first-order chi connectivity index (χ1) is 9.87. The van der Waals surface area contributed by atoms with E-state index in [0.717, 1.165) is 6.42 Å². The number of nitrogens with zero attached hydrogens (tertiary/aromatic N) is 1. The van der Waals surface area contributed by atoms with Gasteiger partial charge in [-0.2, -0.15) is 0 Å². The van der Waals surface area contributed by atoms with E-state index in [1.54, 1.807) is 18.4 Å². The first-order valence-electron chi connectivity index (χ1n) is 7.16. The Labute approximate surface area is 124 Å². The fourth-order valence-corrected chi connectivity index (χ4v) is 2.28. The van der Waals surface area contributed by atoms with Gasteiger partial charge in [-0.05, 0) is 45.7 Å². The van der Waals surface area contributed by atoms with Crippen molar-refractivity contribution < 1.29 is 18.7 Å². The maximum absolute atomic E-state index is 12.2. The predicted octanol–water partition coefficient (Wildman–Crippen LogP) is 2.30. The maximum atomic E-state index is 12.2. The molecule has 21 heavy (non-hydrogen) atoms. The summed E-state index contributed by atoms with van der Waals surface area (Å²) in [4.78, 5) is 25.8. The maximum Gasteiger partial charge on any atom is 0.410 e. The zero-order chi connectivity index (χ0) is 15.5. The topological polar surface area (TPSA) is 71.8 Å². The van der Waals surface area contributed by atoms with Crippen molar-refractivity contribution in [1.82, 2.24) is 10.2 Å². The van der Waals surface area contributed by atoms with E-state index < -0.39 is 17.7 Å². The molecule has 1 aromatic rings. The summed E-state index contributed by atoms with van der Waals surface area (Å²) in [6, 6.07) is 3.10. The van der Waals surface area contributed by atoms with Crippen LogP contribution in [-0.4, -0.2) is 35.1 Å². The summed E-state index contributed by atoms with van der Waals surface area (Å²) in [7, 11) is 0. The smallest absolute Gasteiger partial charge is 0.410 e. The second-order valence-corrected chi connectivity index (χ2v) is 6.13. The number of hydrogen-bond donors (Lipinski definition) is 1. The van der Waals surface area contributed by atoms with E-state index in [1.165, 1.54) is 4.90 Å². The molecule has 0 radical (unpaired) electrons. The summed E-state index contributed by atoms with van der Waals surface area (Å²) in [5.41, 5.74) is -0.561. The number of amides is 2. The van der Waals surface area contributed by atoms with Gasteiger partial charge < -0.3 is 14.5 Å². The molecule has 1 atom stereocenters. The quantitative estimate of drug-likeness (QED) is 0.928. The molecule has 1 saturated heterocycles. The highest BCUT2D eigenvalue weighted by molar-refractivity contribution is 5.86. The lowest BCUT2D eigenvalue weighted by Gasteiger charge is -2.27. The number of hydrogen-bond acceptors (Lipinski definition) is 4. The van der Waals surface area contributed by atoms with Crippen LogP contribution in [0.1, 0.15) is 39.4 Å². The molecular formula is C15H22N2O4. The number of furan rings is 1. The van der Waals surface area contributed by atoms with E-state index in [9.17, 15) is 9.59 Å². The molecule has 0 aromatic carbocycles. The molecule has 0 saturated carbocycles. The third-order valence-corrected chi connectivity index (χ3v) is 3.20. The van der Waals surface area contributed by atoms with Gasteiger partial charge in [0.1, 0.15) is 17.4 Å². The van der Waals surface area contributed by atoms with Gasteiger partial charge in [0, 0.05) is 6.54 Å². The molecule has 0 aliphatic carbocycles. The number of ether oxygens (including phenoxy) is 1. The van der Waals surface area contributed by atoms with Crippen LogP contribution in [0.15, 0.2) is 22.8 Å². The molecular weight excluding hydrogens is 272 g/mol. The predicted molar refractivity (Wildman–Crippen MR) is 76.5 cm³/mol. The first-order valence-corrected chi connectivity index (χ1v) is 7.16. The minimum atomic E-state index is -0.561. The van der Waals surface area contributed by atoms with Crippen LogP contribution >= 0.6 is 0 Å². The van der Waals surface area contributed by atoms with Crippen LogP contribution in [-0.2, 0) is 16.1 Å². The summed E-state index contributed by atoms with van der Waals surface area (Å²) < 4.78 is 10.5. The summed E-state index contributed by atoms with van der Waals surface area (Å²) in [5.74, 6) is 0.514. The van der Waals surface area contributed by atoms with E-state index in [4.69, 9.17) is 9.15 Å². The summed E-state index contributed by atoms with van der Waals surface area (Å²) in [5, 5.41) is 2.79. The van der Waals surface area contributed by atoms with Gasteiger partial charge in [-0.3, -0.25) is 9.69 Å². The van der Waals surface area contributed by atoms with Gasteiger partial charge in [-0.15, -0.1) is 0 Å². The molecule has 1 N–H and O–H groups in total. The molecule has 0 bridgehead atoms. The van der Waals surface area contributed by atoms with Crippen molar-refractivity contribution in [3.05, 3.63) is 24.2 Å². The number of likely N-dealkylation sites (tertiary alicyclic amines) is 1. The molecule has 1 aliphatic rings. The van der Waals surface area contributed by atoms with Crippen molar-refractivity contribution in [3.63, 3.8) is 0 Å². The average molecular weight is 294 g/mol. The van der Waals surface area contributed by atoms with Gasteiger partial charge in [0.15, 0.2) is 0 Å². The summed E-state index contributed by atoms with van der Waals surface area (Å²) in [6.45, 7) is 6.31. The van der Waals surface area contributed by atoms with Crippen LogP contribution in [0.5, 0.6) is 0 Å². The minimum Gasteiger partial charge on any atom is -0.467 e. The van der Waals surface area contributed by atoms with E-state index in [0.29, 0.717) is 25.3 Å². The Morgan fingerprint density at radius 2 is 2.24 bits per heavy atom. The summed E-state index contributed by atoms with van der Waals surface area (Å²) in [6.07, 6.45) is 2.59. The molecule has 1 aliphatic heterocycles. The number of nitrogens with one attached hydrogen (secondary N) is 1. The number of carbonyl (C=O) groups is 2. The number of carbonyl (C=O) groups excluding carboxylic acids is 2. The van der Waals surface area contributed by atoms with E-state index in [-0.39, 0.29) is 5.91 Å². The standard InChI is InChI=1S/C15H22N2O4/c1-15(2,3)21-14(19)17-8-4-7-12(17)13(18)16-10-11-6-5-9-20-11/h5-6,9,12H,4,7-8,10H2,1-3H3,(H,16,18). The lowest BCUT2D eigenvalue weighted by atomic mass is 10.2. The lowest BCUT2D eigenvalue weighted by Crippen LogP contribution is -2.47. The zero-order valence-electron chi connectivity index (χ0n) is 12.7. The Kier molecular flexibility index (Phi) is 4.55. The van der Waals surface area contributed by atoms with Gasteiger partial charge in [-0.1, -0.05) is 0 Å². The Hall–Kier alpha value is -1.98. The Bertz CT molecular complexity index is 490. The van der Waals surface area contributed by atoms with Gasteiger partial charge in [0.05, 0.1) is 12.8 Å². The number of rotatable bonds is 3. The Morgan fingerprint density at radius 3 is 2.86 bits per heavy atom. The second-order valence-electron chi connectivity index (χ2n) is 6.13. The largest absolute Gasteiger partial charge is 0.467 e.